The van der Waals surface area contributed by atoms with Gasteiger partial charge < -0.3 is 5.11 Å². The zero-order valence-electron chi connectivity index (χ0n) is 17.8. The molecule has 0 aromatic heterocycles. The fourth-order valence-electron chi connectivity index (χ4n) is 4.19. The van der Waals surface area contributed by atoms with Crippen LogP contribution in [0.5, 0.6) is 0 Å². The molecule has 1 aliphatic rings. The summed E-state index contributed by atoms with van der Waals surface area (Å²) in [4.78, 5) is 4.53. The third kappa shape index (κ3) is 4.88. The maximum absolute atomic E-state index is 11.1. The molecule has 0 bridgehead atoms. The van der Waals surface area contributed by atoms with Gasteiger partial charge in [-0.3, -0.25) is 9.80 Å². The summed E-state index contributed by atoms with van der Waals surface area (Å²) >= 11 is 0. The summed E-state index contributed by atoms with van der Waals surface area (Å²) < 4.78 is 0. The fraction of sp³-hybridized carbons (Fsp3) is 0.259. The van der Waals surface area contributed by atoms with Crippen molar-refractivity contribution in [2.24, 2.45) is 0 Å². The van der Waals surface area contributed by atoms with Gasteiger partial charge in [-0.1, -0.05) is 60.7 Å². The Labute approximate surface area is 181 Å². The smallest absolute Gasteiger partial charge is 0.105 e. The Balaban J connectivity index is 1.82. The molecule has 3 heteroatoms. The molecule has 3 nitrogen and oxygen atoms in total. The summed E-state index contributed by atoms with van der Waals surface area (Å²) in [6.45, 7) is 20.2. The molecule has 0 fully saturated rings. The highest BCUT2D eigenvalue weighted by Crippen LogP contribution is 2.44. The predicted octanol–water partition coefficient (Wildman–Crippen LogP) is 5.10. The van der Waals surface area contributed by atoms with Gasteiger partial charge in [0.05, 0.1) is 0 Å². The largest absolute Gasteiger partial charge is 0.384 e. The summed E-state index contributed by atoms with van der Waals surface area (Å²) in [5.41, 5.74) is 6.61. The second-order valence-corrected chi connectivity index (χ2v) is 7.79. The van der Waals surface area contributed by atoms with Crippen LogP contribution in [0.3, 0.4) is 0 Å². The molecular formula is C27H32N2O. The van der Waals surface area contributed by atoms with Gasteiger partial charge in [0.25, 0.3) is 0 Å². The van der Waals surface area contributed by atoms with Crippen LogP contribution in [0.4, 0.5) is 0 Å². The Hall–Kier alpha value is -2.72. The van der Waals surface area contributed by atoms with Crippen LogP contribution in [-0.4, -0.2) is 41.1 Å². The van der Waals surface area contributed by atoms with Crippen LogP contribution in [-0.2, 0) is 13.1 Å². The van der Waals surface area contributed by atoms with Crippen LogP contribution in [0.1, 0.15) is 28.4 Å². The van der Waals surface area contributed by atoms with Crippen molar-refractivity contribution in [3.8, 4) is 11.1 Å². The van der Waals surface area contributed by atoms with Crippen LogP contribution < -0.4 is 0 Å². The summed E-state index contributed by atoms with van der Waals surface area (Å²) in [6, 6.07) is 12.9. The van der Waals surface area contributed by atoms with Gasteiger partial charge in [-0.05, 0) is 33.4 Å². The Morgan fingerprint density at radius 1 is 0.667 bits per heavy atom. The zero-order valence-corrected chi connectivity index (χ0v) is 17.8. The Kier molecular flexibility index (Phi) is 7.58. The third-order valence-corrected chi connectivity index (χ3v) is 5.47. The average Bonchev–Trinajstić information content (AvgIpc) is 3.00. The van der Waals surface area contributed by atoms with Crippen LogP contribution >= 0.6 is 0 Å². The SMILES string of the molecule is C=CCN(CC=C)Cc1ccc2c(c1)C(O)c1cc(CN(CC=C)CC=C)ccc1-2. The minimum atomic E-state index is -0.589. The number of aliphatic hydroxyl groups excluding tert-OH is 1. The van der Waals surface area contributed by atoms with E-state index in [2.05, 4.69) is 72.5 Å². The Morgan fingerprint density at radius 3 is 1.37 bits per heavy atom. The van der Waals surface area contributed by atoms with E-state index in [1.165, 1.54) is 11.1 Å². The summed E-state index contributed by atoms with van der Waals surface area (Å²) in [6.07, 6.45) is 7.04. The minimum absolute atomic E-state index is 0.589. The molecule has 30 heavy (non-hydrogen) atoms. The van der Waals surface area contributed by atoms with Gasteiger partial charge in [-0.2, -0.15) is 0 Å². The van der Waals surface area contributed by atoms with E-state index in [1.54, 1.807) is 0 Å². The van der Waals surface area contributed by atoms with Crippen LogP contribution in [0.2, 0.25) is 0 Å². The molecule has 0 saturated heterocycles. The first-order valence-corrected chi connectivity index (χ1v) is 10.4. The molecule has 0 aliphatic heterocycles. The van der Waals surface area contributed by atoms with Crippen molar-refractivity contribution in [1.82, 2.24) is 9.80 Å². The second kappa shape index (κ2) is 10.4. The summed E-state index contributed by atoms with van der Waals surface area (Å²) in [5, 5.41) is 11.1. The van der Waals surface area contributed by atoms with Gasteiger partial charge in [0.15, 0.2) is 0 Å². The van der Waals surface area contributed by atoms with Gasteiger partial charge in [-0.15, -0.1) is 26.3 Å². The highest BCUT2D eigenvalue weighted by molar-refractivity contribution is 5.78. The van der Waals surface area contributed by atoms with Crippen molar-refractivity contribution < 1.29 is 5.11 Å². The quantitative estimate of drug-likeness (QED) is 0.502. The first kappa shape index (κ1) is 22.0. The zero-order chi connectivity index (χ0) is 21.5. The van der Waals surface area contributed by atoms with E-state index < -0.39 is 6.10 Å². The maximum atomic E-state index is 11.1. The summed E-state index contributed by atoms with van der Waals surface area (Å²) in [7, 11) is 0. The first-order chi connectivity index (χ1) is 14.6. The minimum Gasteiger partial charge on any atom is -0.384 e. The van der Waals surface area contributed by atoms with E-state index in [0.29, 0.717) is 0 Å². The van der Waals surface area contributed by atoms with Gasteiger partial charge in [0, 0.05) is 39.3 Å². The Morgan fingerprint density at radius 2 is 1.03 bits per heavy atom. The first-order valence-electron chi connectivity index (χ1n) is 10.4. The van der Waals surface area contributed by atoms with Crippen molar-refractivity contribution in [2.75, 3.05) is 26.2 Å². The van der Waals surface area contributed by atoms with E-state index in [9.17, 15) is 5.11 Å². The van der Waals surface area contributed by atoms with Crippen molar-refractivity contribution in [2.45, 2.75) is 19.2 Å². The van der Waals surface area contributed by atoms with Gasteiger partial charge in [0.1, 0.15) is 6.10 Å². The van der Waals surface area contributed by atoms with Gasteiger partial charge in [-0.25, -0.2) is 0 Å². The number of fused-ring (bicyclic) bond motifs is 3. The molecule has 0 saturated carbocycles. The lowest BCUT2D eigenvalue weighted by Crippen LogP contribution is -2.23. The molecule has 1 N–H and O–H groups in total. The molecule has 2 aromatic rings. The number of hydrogen-bond acceptors (Lipinski definition) is 3. The fourth-order valence-corrected chi connectivity index (χ4v) is 4.19. The highest BCUT2D eigenvalue weighted by Gasteiger charge is 2.27. The number of nitrogens with zero attached hydrogens (tertiary/aromatic N) is 2. The van der Waals surface area contributed by atoms with Crippen molar-refractivity contribution in [3.63, 3.8) is 0 Å². The van der Waals surface area contributed by atoms with E-state index in [4.69, 9.17) is 0 Å². The van der Waals surface area contributed by atoms with Gasteiger partial charge >= 0.3 is 0 Å². The lowest BCUT2D eigenvalue weighted by Gasteiger charge is -2.19. The maximum Gasteiger partial charge on any atom is 0.105 e. The second-order valence-electron chi connectivity index (χ2n) is 7.79. The molecule has 0 atom stereocenters. The highest BCUT2D eigenvalue weighted by atomic mass is 16.3. The molecule has 2 aromatic carbocycles. The predicted molar refractivity (Wildman–Crippen MR) is 127 cm³/mol. The van der Waals surface area contributed by atoms with Gasteiger partial charge in [0.2, 0.25) is 0 Å². The van der Waals surface area contributed by atoms with E-state index in [1.807, 2.05) is 24.3 Å². The summed E-state index contributed by atoms with van der Waals surface area (Å²) in [5.74, 6) is 0. The van der Waals surface area contributed by atoms with Crippen molar-refractivity contribution >= 4 is 0 Å². The molecule has 0 radical (unpaired) electrons. The normalized spacial score (nSPS) is 12.6. The lowest BCUT2D eigenvalue weighted by atomic mass is 10.0. The van der Waals surface area contributed by atoms with Crippen molar-refractivity contribution in [1.29, 1.82) is 0 Å². The number of rotatable bonds is 12. The average molecular weight is 401 g/mol. The third-order valence-electron chi connectivity index (χ3n) is 5.47. The number of benzene rings is 2. The molecule has 1 aliphatic carbocycles. The molecule has 3 rings (SSSR count). The topological polar surface area (TPSA) is 26.7 Å². The molecule has 0 unspecified atom stereocenters. The van der Waals surface area contributed by atoms with Crippen LogP contribution in [0.25, 0.3) is 11.1 Å². The van der Waals surface area contributed by atoms with Crippen LogP contribution in [0.15, 0.2) is 87.0 Å². The molecule has 156 valence electrons. The van der Waals surface area contributed by atoms with E-state index in [-0.39, 0.29) is 0 Å². The monoisotopic (exact) mass is 400 g/mol. The van der Waals surface area contributed by atoms with Crippen molar-refractivity contribution in [3.05, 3.63) is 109 Å². The standard InChI is InChI=1S/C27H32N2O/c1-5-13-28(14-6-2)19-21-9-11-23-24-12-10-22(20-29(15-7-3)16-8-4)18-26(24)27(30)25(23)17-21/h5-12,17-18,27,30H,1-4,13-16,19-20H2. The molecule has 0 heterocycles. The Bertz CT molecular complexity index is 835. The van der Waals surface area contributed by atoms with Crippen LogP contribution in [0, 0.1) is 0 Å². The van der Waals surface area contributed by atoms with E-state index >= 15 is 0 Å². The molecular weight excluding hydrogens is 368 g/mol. The van der Waals surface area contributed by atoms with E-state index in [0.717, 1.165) is 61.5 Å². The molecule has 0 amide bonds. The lowest BCUT2D eigenvalue weighted by molar-refractivity contribution is 0.224. The number of hydrogen-bond donors (Lipinski definition) is 1. The molecule has 0 spiro atoms. The number of aliphatic hydroxyl groups is 1.